The summed E-state index contributed by atoms with van der Waals surface area (Å²) in [5.41, 5.74) is 7.36. The Morgan fingerprint density at radius 2 is 2.00 bits per heavy atom. The second kappa shape index (κ2) is 6.26. The molecule has 4 N–H and O–H groups in total. The van der Waals surface area contributed by atoms with Gasteiger partial charge in [0.1, 0.15) is 12.1 Å². The normalized spacial score (nSPS) is 22.3. The molecule has 5 nitrogen and oxygen atoms in total. The first-order chi connectivity index (χ1) is 10.3. The van der Waals surface area contributed by atoms with Crippen molar-refractivity contribution < 1.29 is 5.11 Å². The van der Waals surface area contributed by atoms with Crippen LogP contribution in [0.25, 0.3) is 10.9 Å². The number of nitrogens with two attached hydrogens (primary N) is 1. The molecule has 1 saturated carbocycles. The molecule has 21 heavy (non-hydrogen) atoms. The molecule has 2 unspecified atom stereocenters. The van der Waals surface area contributed by atoms with Gasteiger partial charge in [-0.25, -0.2) is 9.97 Å². The first-order valence-electron chi connectivity index (χ1n) is 7.63. The van der Waals surface area contributed by atoms with Crippen molar-refractivity contribution in [2.75, 3.05) is 24.2 Å². The minimum absolute atomic E-state index is 0.285. The maximum Gasteiger partial charge on any atom is 0.137 e. The molecule has 112 valence electrons. The highest BCUT2D eigenvalue weighted by Crippen LogP contribution is 2.30. The summed E-state index contributed by atoms with van der Waals surface area (Å²) >= 11 is 0. The summed E-state index contributed by atoms with van der Waals surface area (Å²) in [6.07, 6.45) is 6.36. The molecule has 0 aliphatic heterocycles. The van der Waals surface area contributed by atoms with Gasteiger partial charge in [0.15, 0.2) is 0 Å². The van der Waals surface area contributed by atoms with Gasteiger partial charge in [-0.15, -0.1) is 0 Å². The number of rotatable bonds is 4. The molecule has 1 aliphatic rings. The Balaban J connectivity index is 1.75. The molecule has 1 heterocycles. The van der Waals surface area contributed by atoms with E-state index in [1.165, 1.54) is 19.3 Å². The van der Waals surface area contributed by atoms with Crippen LogP contribution in [0.4, 0.5) is 11.5 Å². The summed E-state index contributed by atoms with van der Waals surface area (Å²) in [6.45, 7) is 1.13. The molecule has 0 bridgehead atoms. The van der Waals surface area contributed by atoms with Crippen LogP contribution in [-0.4, -0.2) is 28.2 Å². The summed E-state index contributed by atoms with van der Waals surface area (Å²) in [6, 6.07) is 5.69. The third-order valence-electron chi connectivity index (χ3n) is 4.49. The Hall–Kier alpha value is -1.88. The molecule has 0 amide bonds. The van der Waals surface area contributed by atoms with E-state index < -0.39 is 0 Å². The molecule has 0 radical (unpaired) electrons. The van der Waals surface area contributed by atoms with E-state index in [9.17, 15) is 5.11 Å². The molecule has 5 heteroatoms. The van der Waals surface area contributed by atoms with Crippen molar-refractivity contribution in [1.29, 1.82) is 0 Å². The number of benzene rings is 1. The Labute approximate surface area is 124 Å². The van der Waals surface area contributed by atoms with Crippen molar-refractivity contribution in [3.05, 3.63) is 24.5 Å². The van der Waals surface area contributed by atoms with Crippen molar-refractivity contribution in [3.8, 4) is 0 Å². The standard InChI is InChI=1S/C16H22N4O/c17-13-5-6-14-15(7-13)19-10-20-16(14)18-8-11-3-1-2-4-12(11)9-21/h5-7,10-12,21H,1-4,8-9,17H2,(H,18,19,20). The van der Waals surface area contributed by atoms with Gasteiger partial charge in [0, 0.05) is 24.2 Å². The van der Waals surface area contributed by atoms with Crippen LogP contribution in [0.1, 0.15) is 25.7 Å². The zero-order valence-electron chi connectivity index (χ0n) is 12.1. The molecular weight excluding hydrogens is 264 g/mol. The van der Waals surface area contributed by atoms with Gasteiger partial charge in [0.05, 0.1) is 5.52 Å². The Morgan fingerprint density at radius 3 is 2.81 bits per heavy atom. The maximum atomic E-state index is 9.49. The number of aliphatic hydroxyl groups is 1. The largest absolute Gasteiger partial charge is 0.399 e. The quantitative estimate of drug-likeness (QED) is 0.752. The number of hydrogen-bond donors (Lipinski definition) is 3. The van der Waals surface area contributed by atoms with Crippen LogP contribution in [-0.2, 0) is 0 Å². The second-order valence-corrected chi connectivity index (χ2v) is 5.87. The molecule has 1 aromatic heterocycles. The Kier molecular flexibility index (Phi) is 4.20. The van der Waals surface area contributed by atoms with Crippen LogP contribution in [0.2, 0.25) is 0 Å². The molecule has 1 fully saturated rings. The molecule has 1 aromatic carbocycles. The van der Waals surface area contributed by atoms with Crippen LogP contribution < -0.4 is 11.1 Å². The maximum absolute atomic E-state index is 9.49. The third-order valence-corrected chi connectivity index (χ3v) is 4.49. The van der Waals surface area contributed by atoms with Crippen molar-refractivity contribution in [2.45, 2.75) is 25.7 Å². The summed E-state index contributed by atoms with van der Waals surface area (Å²) in [7, 11) is 0. The fourth-order valence-corrected chi connectivity index (χ4v) is 3.24. The molecule has 3 rings (SSSR count). The third kappa shape index (κ3) is 3.08. The fraction of sp³-hybridized carbons (Fsp3) is 0.500. The van der Waals surface area contributed by atoms with Gasteiger partial charge in [-0.1, -0.05) is 12.8 Å². The summed E-state index contributed by atoms with van der Waals surface area (Å²) in [4.78, 5) is 8.60. The van der Waals surface area contributed by atoms with Gasteiger partial charge in [0.2, 0.25) is 0 Å². The highest BCUT2D eigenvalue weighted by Gasteiger charge is 2.24. The molecule has 0 saturated heterocycles. The predicted molar refractivity (Wildman–Crippen MR) is 85.0 cm³/mol. The number of aromatic nitrogens is 2. The van der Waals surface area contributed by atoms with Crippen LogP contribution in [0.5, 0.6) is 0 Å². The lowest BCUT2D eigenvalue weighted by Gasteiger charge is -2.30. The van der Waals surface area contributed by atoms with E-state index in [1.54, 1.807) is 6.33 Å². The van der Waals surface area contributed by atoms with Crippen molar-refractivity contribution in [2.24, 2.45) is 11.8 Å². The summed E-state index contributed by atoms with van der Waals surface area (Å²) < 4.78 is 0. The Bertz CT molecular complexity index is 616. The van der Waals surface area contributed by atoms with Crippen molar-refractivity contribution in [1.82, 2.24) is 9.97 Å². The van der Waals surface area contributed by atoms with Gasteiger partial charge in [-0.3, -0.25) is 0 Å². The summed E-state index contributed by atoms with van der Waals surface area (Å²) in [5.74, 6) is 1.78. The zero-order chi connectivity index (χ0) is 14.7. The number of hydrogen-bond acceptors (Lipinski definition) is 5. The lowest BCUT2D eigenvalue weighted by molar-refractivity contribution is 0.141. The van der Waals surface area contributed by atoms with E-state index in [0.717, 1.165) is 29.7 Å². The minimum atomic E-state index is 0.285. The van der Waals surface area contributed by atoms with Crippen molar-refractivity contribution in [3.63, 3.8) is 0 Å². The first-order valence-corrected chi connectivity index (χ1v) is 7.63. The highest BCUT2D eigenvalue weighted by atomic mass is 16.3. The van der Waals surface area contributed by atoms with E-state index in [0.29, 0.717) is 17.5 Å². The molecule has 0 spiro atoms. The van der Waals surface area contributed by atoms with Gasteiger partial charge in [0.25, 0.3) is 0 Å². The van der Waals surface area contributed by atoms with E-state index in [-0.39, 0.29) is 6.61 Å². The zero-order valence-corrected chi connectivity index (χ0v) is 12.1. The molecular formula is C16H22N4O. The average Bonchev–Trinajstić information content (AvgIpc) is 2.52. The fourth-order valence-electron chi connectivity index (χ4n) is 3.24. The predicted octanol–water partition coefficient (Wildman–Crippen LogP) is 2.42. The van der Waals surface area contributed by atoms with Crippen LogP contribution in [0, 0.1) is 11.8 Å². The topological polar surface area (TPSA) is 84.1 Å². The van der Waals surface area contributed by atoms with E-state index in [4.69, 9.17) is 5.73 Å². The van der Waals surface area contributed by atoms with Crippen LogP contribution in [0.15, 0.2) is 24.5 Å². The SMILES string of the molecule is Nc1ccc2c(NCC3CCCCC3CO)ncnc2c1. The monoisotopic (exact) mass is 286 g/mol. The summed E-state index contributed by atoms with van der Waals surface area (Å²) in [5, 5.41) is 13.9. The van der Waals surface area contributed by atoms with Crippen molar-refractivity contribution >= 4 is 22.4 Å². The number of nitrogens with one attached hydrogen (secondary N) is 1. The van der Waals surface area contributed by atoms with E-state index >= 15 is 0 Å². The van der Waals surface area contributed by atoms with Crippen LogP contribution in [0.3, 0.4) is 0 Å². The first kappa shape index (κ1) is 14.1. The van der Waals surface area contributed by atoms with E-state index in [2.05, 4.69) is 15.3 Å². The highest BCUT2D eigenvalue weighted by molar-refractivity contribution is 5.90. The smallest absolute Gasteiger partial charge is 0.137 e. The number of nitrogen functional groups attached to an aromatic ring is 1. The number of nitrogens with zero attached hydrogens (tertiary/aromatic N) is 2. The lowest BCUT2D eigenvalue weighted by Crippen LogP contribution is -2.28. The molecule has 2 atom stereocenters. The van der Waals surface area contributed by atoms with Gasteiger partial charge < -0.3 is 16.2 Å². The second-order valence-electron chi connectivity index (χ2n) is 5.87. The number of anilines is 2. The van der Waals surface area contributed by atoms with Gasteiger partial charge in [-0.05, 0) is 42.9 Å². The molecule has 2 aromatic rings. The number of fused-ring (bicyclic) bond motifs is 1. The van der Waals surface area contributed by atoms with Gasteiger partial charge >= 0.3 is 0 Å². The van der Waals surface area contributed by atoms with Gasteiger partial charge in [-0.2, -0.15) is 0 Å². The Morgan fingerprint density at radius 1 is 1.19 bits per heavy atom. The lowest BCUT2D eigenvalue weighted by atomic mass is 9.79. The average molecular weight is 286 g/mol. The van der Waals surface area contributed by atoms with E-state index in [1.807, 2.05) is 18.2 Å². The molecule has 1 aliphatic carbocycles. The number of aliphatic hydroxyl groups excluding tert-OH is 1. The van der Waals surface area contributed by atoms with Crippen LogP contribution >= 0.6 is 0 Å². The minimum Gasteiger partial charge on any atom is -0.399 e.